The van der Waals surface area contributed by atoms with E-state index in [1.54, 1.807) is 24.3 Å². The molecule has 0 aromatic heterocycles. The fourth-order valence-corrected chi connectivity index (χ4v) is 3.40. The molecular weight excluding hydrogens is 286 g/mol. The SMILES string of the molecule is CN(C(=O)c1ccc(C#N)cc1)C1CC2CCC(C1)N2.Cl. The maximum absolute atomic E-state index is 12.5. The Kier molecular flexibility index (Phi) is 4.87. The molecule has 2 atom stereocenters. The maximum atomic E-state index is 12.5. The fourth-order valence-electron chi connectivity index (χ4n) is 3.40. The zero-order valence-corrected chi connectivity index (χ0v) is 12.9. The Balaban J connectivity index is 0.00000161. The second-order valence-electron chi connectivity index (χ2n) is 5.87. The molecule has 112 valence electrons. The highest BCUT2D eigenvalue weighted by Gasteiger charge is 2.36. The van der Waals surface area contributed by atoms with E-state index in [0.717, 1.165) is 12.8 Å². The lowest BCUT2D eigenvalue weighted by atomic mass is 9.98. The predicted octanol–water partition coefficient (Wildman–Crippen LogP) is 2.34. The van der Waals surface area contributed by atoms with Crippen LogP contribution in [0.4, 0.5) is 0 Å². The van der Waals surface area contributed by atoms with E-state index < -0.39 is 0 Å². The van der Waals surface area contributed by atoms with Gasteiger partial charge in [-0.15, -0.1) is 12.4 Å². The van der Waals surface area contributed by atoms with Crippen LogP contribution in [0.5, 0.6) is 0 Å². The number of benzene rings is 1. The van der Waals surface area contributed by atoms with E-state index in [-0.39, 0.29) is 18.3 Å². The summed E-state index contributed by atoms with van der Waals surface area (Å²) < 4.78 is 0. The van der Waals surface area contributed by atoms with Gasteiger partial charge < -0.3 is 10.2 Å². The first-order valence-electron chi connectivity index (χ1n) is 7.20. The highest BCUT2D eigenvalue weighted by atomic mass is 35.5. The number of nitriles is 1. The quantitative estimate of drug-likeness (QED) is 0.912. The number of rotatable bonds is 2. The van der Waals surface area contributed by atoms with Crippen LogP contribution in [0.1, 0.15) is 41.6 Å². The Hall–Kier alpha value is -1.57. The van der Waals surface area contributed by atoms with Crippen LogP contribution in [0.2, 0.25) is 0 Å². The number of amides is 1. The minimum absolute atomic E-state index is 0. The third-order valence-electron chi connectivity index (χ3n) is 4.58. The van der Waals surface area contributed by atoms with Crippen LogP contribution in [0.3, 0.4) is 0 Å². The largest absolute Gasteiger partial charge is 0.339 e. The molecule has 3 rings (SSSR count). The van der Waals surface area contributed by atoms with Crippen molar-refractivity contribution < 1.29 is 4.79 Å². The van der Waals surface area contributed by atoms with Gasteiger partial charge in [0.15, 0.2) is 0 Å². The van der Waals surface area contributed by atoms with Crippen molar-refractivity contribution in [3.63, 3.8) is 0 Å². The summed E-state index contributed by atoms with van der Waals surface area (Å²) in [5.41, 5.74) is 1.25. The van der Waals surface area contributed by atoms with E-state index in [4.69, 9.17) is 5.26 Å². The average molecular weight is 306 g/mol. The molecule has 1 N–H and O–H groups in total. The highest BCUT2D eigenvalue weighted by molar-refractivity contribution is 5.94. The summed E-state index contributed by atoms with van der Waals surface area (Å²) in [5, 5.41) is 12.4. The van der Waals surface area contributed by atoms with Crippen LogP contribution in [0.15, 0.2) is 24.3 Å². The predicted molar refractivity (Wildman–Crippen MR) is 83.5 cm³/mol. The summed E-state index contributed by atoms with van der Waals surface area (Å²) in [5.74, 6) is 0.0563. The van der Waals surface area contributed by atoms with Crippen LogP contribution < -0.4 is 5.32 Å². The number of halogens is 1. The van der Waals surface area contributed by atoms with E-state index in [0.29, 0.717) is 29.3 Å². The molecule has 2 heterocycles. The second kappa shape index (κ2) is 6.46. The van der Waals surface area contributed by atoms with E-state index in [1.165, 1.54) is 12.8 Å². The Morgan fingerprint density at radius 1 is 1.24 bits per heavy atom. The number of nitrogens with zero attached hydrogens (tertiary/aromatic N) is 2. The summed E-state index contributed by atoms with van der Waals surface area (Å²) in [6.45, 7) is 0. The van der Waals surface area contributed by atoms with Gasteiger partial charge in [-0.2, -0.15) is 5.26 Å². The minimum atomic E-state index is 0. The van der Waals surface area contributed by atoms with Gasteiger partial charge in [-0.25, -0.2) is 0 Å². The Morgan fingerprint density at radius 2 is 1.81 bits per heavy atom. The number of piperidine rings is 1. The molecule has 0 spiro atoms. The van der Waals surface area contributed by atoms with Gasteiger partial charge in [-0.05, 0) is 49.9 Å². The summed E-state index contributed by atoms with van der Waals surface area (Å²) in [4.78, 5) is 14.4. The van der Waals surface area contributed by atoms with Crippen molar-refractivity contribution in [3.05, 3.63) is 35.4 Å². The van der Waals surface area contributed by atoms with Crippen LogP contribution >= 0.6 is 12.4 Å². The summed E-state index contributed by atoms with van der Waals surface area (Å²) in [7, 11) is 1.90. The first kappa shape index (κ1) is 15.8. The summed E-state index contributed by atoms with van der Waals surface area (Å²) in [6, 6.07) is 10.4. The standard InChI is InChI=1S/C16H19N3O.ClH/c1-19(15-8-13-6-7-14(9-15)18-13)16(20)12-4-2-11(10-17)3-5-12;/h2-5,13-15,18H,6-9H2,1H3;1H. The molecule has 2 saturated heterocycles. The van der Waals surface area contributed by atoms with Crippen molar-refractivity contribution >= 4 is 18.3 Å². The van der Waals surface area contributed by atoms with E-state index in [9.17, 15) is 4.79 Å². The zero-order valence-electron chi connectivity index (χ0n) is 12.1. The van der Waals surface area contributed by atoms with Crippen LogP contribution in [-0.4, -0.2) is 36.0 Å². The molecule has 2 aliphatic heterocycles. The van der Waals surface area contributed by atoms with Gasteiger partial charge >= 0.3 is 0 Å². The van der Waals surface area contributed by atoms with Crippen molar-refractivity contribution in [1.29, 1.82) is 5.26 Å². The Bertz CT molecular complexity index is 540. The van der Waals surface area contributed by atoms with Crippen LogP contribution in [-0.2, 0) is 0 Å². The molecule has 1 aromatic carbocycles. The number of nitrogens with one attached hydrogen (secondary N) is 1. The molecule has 2 aliphatic rings. The van der Waals surface area contributed by atoms with E-state index in [1.807, 2.05) is 11.9 Å². The van der Waals surface area contributed by atoms with Gasteiger partial charge in [0.25, 0.3) is 5.91 Å². The molecule has 1 amide bonds. The third-order valence-corrected chi connectivity index (χ3v) is 4.58. The number of carbonyl (C=O) groups is 1. The zero-order chi connectivity index (χ0) is 14.1. The molecule has 2 bridgehead atoms. The Labute approximate surface area is 131 Å². The van der Waals surface area contributed by atoms with E-state index >= 15 is 0 Å². The molecular formula is C16H20ClN3O. The van der Waals surface area contributed by atoms with Gasteiger partial charge in [-0.3, -0.25) is 4.79 Å². The van der Waals surface area contributed by atoms with Gasteiger partial charge in [0.2, 0.25) is 0 Å². The molecule has 1 aromatic rings. The van der Waals surface area contributed by atoms with Crippen LogP contribution in [0.25, 0.3) is 0 Å². The first-order valence-corrected chi connectivity index (χ1v) is 7.20. The molecule has 2 unspecified atom stereocenters. The first-order chi connectivity index (χ1) is 9.67. The summed E-state index contributed by atoms with van der Waals surface area (Å²) >= 11 is 0. The minimum Gasteiger partial charge on any atom is -0.339 e. The normalized spacial score (nSPS) is 26.6. The van der Waals surface area contributed by atoms with Crippen LogP contribution in [0, 0.1) is 11.3 Å². The monoisotopic (exact) mass is 305 g/mol. The number of hydrogen-bond acceptors (Lipinski definition) is 3. The second-order valence-corrected chi connectivity index (χ2v) is 5.87. The number of hydrogen-bond donors (Lipinski definition) is 1. The molecule has 2 fully saturated rings. The van der Waals surface area contributed by atoms with Gasteiger partial charge in [-0.1, -0.05) is 0 Å². The summed E-state index contributed by atoms with van der Waals surface area (Å²) in [6.07, 6.45) is 4.57. The molecule has 21 heavy (non-hydrogen) atoms. The Morgan fingerprint density at radius 3 is 2.33 bits per heavy atom. The van der Waals surface area contributed by atoms with Crippen molar-refractivity contribution in [2.75, 3.05) is 7.05 Å². The fraction of sp³-hybridized carbons (Fsp3) is 0.500. The highest BCUT2D eigenvalue weighted by Crippen LogP contribution is 2.29. The molecule has 0 saturated carbocycles. The van der Waals surface area contributed by atoms with Gasteiger partial charge in [0.05, 0.1) is 11.6 Å². The van der Waals surface area contributed by atoms with E-state index in [2.05, 4.69) is 11.4 Å². The third kappa shape index (κ3) is 3.20. The van der Waals surface area contributed by atoms with Gasteiger partial charge in [0.1, 0.15) is 0 Å². The average Bonchev–Trinajstić information content (AvgIpc) is 2.84. The maximum Gasteiger partial charge on any atom is 0.253 e. The van der Waals surface area contributed by atoms with Gasteiger partial charge in [0, 0.05) is 30.7 Å². The lowest BCUT2D eigenvalue weighted by Crippen LogP contribution is -2.48. The lowest BCUT2D eigenvalue weighted by molar-refractivity contribution is 0.0681. The van der Waals surface area contributed by atoms with Crippen molar-refractivity contribution in [1.82, 2.24) is 10.2 Å². The molecule has 5 heteroatoms. The number of fused-ring (bicyclic) bond motifs is 2. The smallest absolute Gasteiger partial charge is 0.253 e. The lowest BCUT2D eigenvalue weighted by Gasteiger charge is -2.35. The number of carbonyl (C=O) groups excluding carboxylic acids is 1. The van der Waals surface area contributed by atoms with Crippen molar-refractivity contribution in [2.45, 2.75) is 43.8 Å². The topological polar surface area (TPSA) is 56.1 Å². The van der Waals surface area contributed by atoms with Crippen molar-refractivity contribution in [3.8, 4) is 6.07 Å². The van der Waals surface area contributed by atoms with Crippen molar-refractivity contribution in [2.24, 2.45) is 0 Å². The molecule has 4 nitrogen and oxygen atoms in total. The molecule has 0 radical (unpaired) electrons. The molecule has 0 aliphatic carbocycles.